The standard InChI is InChI=1S/C8H4Cl2N4/c9-7(10)8-12-6-3-5(4-11)1-2-14(6)13-8/h1-3,7H. The molecule has 0 aromatic carbocycles. The monoisotopic (exact) mass is 226 g/mol. The molecule has 0 aliphatic rings. The van der Waals surface area contributed by atoms with Gasteiger partial charge in [0.25, 0.3) is 0 Å². The second-order valence-corrected chi connectivity index (χ2v) is 3.70. The van der Waals surface area contributed by atoms with Gasteiger partial charge in [0.2, 0.25) is 0 Å². The van der Waals surface area contributed by atoms with Crippen molar-refractivity contribution >= 4 is 28.8 Å². The van der Waals surface area contributed by atoms with Crippen LogP contribution < -0.4 is 0 Å². The van der Waals surface area contributed by atoms with E-state index in [1.807, 2.05) is 6.07 Å². The van der Waals surface area contributed by atoms with Gasteiger partial charge in [0.1, 0.15) is 0 Å². The summed E-state index contributed by atoms with van der Waals surface area (Å²) in [4.78, 5) is 3.31. The highest BCUT2D eigenvalue weighted by Gasteiger charge is 2.10. The van der Waals surface area contributed by atoms with Crippen LogP contribution in [0.3, 0.4) is 0 Å². The molecule has 6 heteroatoms. The molecular weight excluding hydrogens is 223 g/mol. The number of aromatic nitrogens is 3. The number of rotatable bonds is 1. The van der Waals surface area contributed by atoms with Gasteiger partial charge in [0, 0.05) is 12.3 Å². The minimum atomic E-state index is -0.750. The molecule has 70 valence electrons. The molecular formula is C8H4Cl2N4. The van der Waals surface area contributed by atoms with Gasteiger partial charge in [-0.1, -0.05) is 23.2 Å². The minimum absolute atomic E-state index is 0.337. The van der Waals surface area contributed by atoms with Gasteiger partial charge in [0.05, 0.1) is 11.6 Å². The molecule has 0 unspecified atom stereocenters. The number of halogens is 2. The van der Waals surface area contributed by atoms with Crippen molar-refractivity contribution in [1.82, 2.24) is 14.6 Å². The molecule has 0 radical (unpaired) electrons. The molecule has 2 aromatic heterocycles. The first kappa shape index (κ1) is 9.25. The van der Waals surface area contributed by atoms with Crippen LogP contribution in [0.15, 0.2) is 18.3 Å². The van der Waals surface area contributed by atoms with E-state index >= 15 is 0 Å². The molecule has 0 atom stereocenters. The summed E-state index contributed by atoms with van der Waals surface area (Å²) in [6.45, 7) is 0. The molecule has 0 aliphatic carbocycles. The van der Waals surface area contributed by atoms with Crippen LogP contribution in [0.25, 0.3) is 5.65 Å². The summed E-state index contributed by atoms with van der Waals surface area (Å²) in [5.74, 6) is 0.337. The maximum Gasteiger partial charge on any atom is 0.184 e. The van der Waals surface area contributed by atoms with E-state index in [1.54, 1.807) is 18.3 Å². The van der Waals surface area contributed by atoms with E-state index in [-0.39, 0.29) is 0 Å². The van der Waals surface area contributed by atoms with Gasteiger partial charge in [-0.2, -0.15) is 5.26 Å². The van der Waals surface area contributed by atoms with Crippen LogP contribution in [0.5, 0.6) is 0 Å². The molecule has 0 spiro atoms. The van der Waals surface area contributed by atoms with Crippen molar-refractivity contribution in [3.05, 3.63) is 29.7 Å². The summed E-state index contributed by atoms with van der Waals surface area (Å²) in [6.07, 6.45) is 1.64. The zero-order chi connectivity index (χ0) is 10.1. The van der Waals surface area contributed by atoms with E-state index < -0.39 is 4.84 Å². The third kappa shape index (κ3) is 1.52. The summed E-state index contributed by atoms with van der Waals surface area (Å²) in [5, 5.41) is 12.7. The smallest absolute Gasteiger partial charge is 0.184 e. The Morgan fingerprint density at radius 2 is 2.29 bits per heavy atom. The lowest BCUT2D eigenvalue weighted by Gasteiger charge is -1.89. The molecule has 0 saturated carbocycles. The first-order valence-corrected chi connectivity index (χ1v) is 4.62. The van der Waals surface area contributed by atoms with Crippen molar-refractivity contribution in [2.75, 3.05) is 0 Å². The van der Waals surface area contributed by atoms with Crippen LogP contribution in [-0.2, 0) is 0 Å². The number of pyridine rings is 1. The minimum Gasteiger partial charge on any atom is -0.221 e. The molecule has 14 heavy (non-hydrogen) atoms. The molecule has 2 aromatic rings. The summed E-state index contributed by atoms with van der Waals surface area (Å²) in [7, 11) is 0. The summed E-state index contributed by atoms with van der Waals surface area (Å²) < 4.78 is 1.52. The van der Waals surface area contributed by atoms with E-state index in [0.717, 1.165) is 0 Å². The second kappa shape index (κ2) is 3.45. The summed E-state index contributed by atoms with van der Waals surface area (Å²) in [6, 6.07) is 5.27. The van der Waals surface area contributed by atoms with Crippen LogP contribution >= 0.6 is 23.2 Å². The third-order valence-electron chi connectivity index (χ3n) is 1.68. The van der Waals surface area contributed by atoms with Crippen LogP contribution in [0.1, 0.15) is 16.2 Å². The van der Waals surface area contributed by atoms with Gasteiger partial charge in [-0.05, 0) is 6.07 Å². The van der Waals surface area contributed by atoms with Crippen molar-refractivity contribution in [2.45, 2.75) is 4.84 Å². The summed E-state index contributed by atoms with van der Waals surface area (Å²) in [5.41, 5.74) is 1.09. The number of hydrogen-bond acceptors (Lipinski definition) is 3. The maximum atomic E-state index is 8.65. The number of nitriles is 1. The van der Waals surface area contributed by atoms with Crippen molar-refractivity contribution in [1.29, 1.82) is 5.26 Å². The Labute approximate surface area is 89.7 Å². The van der Waals surface area contributed by atoms with Crippen LogP contribution in [0.2, 0.25) is 0 Å². The maximum absolute atomic E-state index is 8.65. The first-order valence-electron chi connectivity index (χ1n) is 3.75. The fourth-order valence-electron chi connectivity index (χ4n) is 1.06. The Bertz CT molecular complexity index is 512. The first-order chi connectivity index (χ1) is 6.70. The lowest BCUT2D eigenvalue weighted by Crippen LogP contribution is -1.88. The third-order valence-corrected chi connectivity index (χ3v) is 2.07. The van der Waals surface area contributed by atoms with Gasteiger partial charge >= 0.3 is 0 Å². The van der Waals surface area contributed by atoms with E-state index in [4.69, 9.17) is 28.5 Å². The molecule has 0 amide bonds. The topological polar surface area (TPSA) is 54.0 Å². The Kier molecular flexibility index (Phi) is 2.28. The van der Waals surface area contributed by atoms with Gasteiger partial charge in [-0.15, -0.1) is 5.10 Å². The highest BCUT2D eigenvalue weighted by atomic mass is 35.5. The van der Waals surface area contributed by atoms with E-state index in [0.29, 0.717) is 17.0 Å². The van der Waals surface area contributed by atoms with Gasteiger partial charge < -0.3 is 0 Å². The molecule has 2 rings (SSSR count). The summed E-state index contributed by atoms with van der Waals surface area (Å²) >= 11 is 11.2. The molecule has 0 bridgehead atoms. The molecule has 0 saturated heterocycles. The zero-order valence-corrected chi connectivity index (χ0v) is 8.37. The fourth-order valence-corrected chi connectivity index (χ4v) is 1.25. The molecule has 0 N–H and O–H groups in total. The normalized spacial score (nSPS) is 10.7. The number of alkyl halides is 2. The average Bonchev–Trinajstić information content (AvgIpc) is 2.59. The average molecular weight is 227 g/mol. The second-order valence-electron chi connectivity index (χ2n) is 2.60. The van der Waals surface area contributed by atoms with E-state index in [1.165, 1.54) is 4.52 Å². The SMILES string of the molecule is N#Cc1ccn2nc(C(Cl)Cl)nc2c1. The van der Waals surface area contributed by atoms with E-state index in [9.17, 15) is 0 Å². The Balaban J connectivity index is 2.61. The molecule has 2 heterocycles. The number of fused-ring (bicyclic) bond motifs is 1. The fraction of sp³-hybridized carbons (Fsp3) is 0.125. The molecule has 0 aliphatic heterocycles. The van der Waals surface area contributed by atoms with Crippen molar-refractivity contribution in [3.8, 4) is 6.07 Å². The highest BCUT2D eigenvalue weighted by molar-refractivity contribution is 6.43. The predicted octanol–water partition coefficient (Wildman–Crippen LogP) is 2.08. The molecule has 4 nitrogen and oxygen atoms in total. The predicted molar refractivity (Wildman–Crippen MR) is 52.1 cm³/mol. The highest BCUT2D eigenvalue weighted by Crippen LogP contribution is 2.21. The van der Waals surface area contributed by atoms with Crippen molar-refractivity contribution < 1.29 is 0 Å². The van der Waals surface area contributed by atoms with Crippen LogP contribution in [-0.4, -0.2) is 14.6 Å². The van der Waals surface area contributed by atoms with Gasteiger partial charge in [-0.3, -0.25) is 0 Å². The lowest BCUT2D eigenvalue weighted by atomic mass is 10.3. The number of hydrogen-bond donors (Lipinski definition) is 0. The Morgan fingerprint density at radius 1 is 1.50 bits per heavy atom. The Hall–Kier alpha value is -1.31. The van der Waals surface area contributed by atoms with Gasteiger partial charge in [-0.25, -0.2) is 9.50 Å². The quantitative estimate of drug-likeness (QED) is 0.700. The van der Waals surface area contributed by atoms with Crippen molar-refractivity contribution in [3.63, 3.8) is 0 Å². The largest absolute Gasteiger partial charge is 0.221 e. The number of nitrogens with zero attached hydrogens (tertiary/aromatic N) is 4. The van der Waals surface area contributed by atoms with Crippen molar-refractivity contribution in [2.24, 2.45) is 0 Å². The zero-order valence-electron chi connectivity index (χ0n) is 6.85. The molecule has 0 fully saturated rings. The Morgan fingerprint density at radius 3 is 2.93 bits per heavy atom. The lowest BCUT2D eigenvalue weighted by molar-refractivity contribution is 0.916. The van der Waals surface area contributed by atoms with Crippen LogP contribution in [0, 0.1) is 11.3 Å². The van der Waals surface area contributed by atoms with E-state index in [2.05, 4.69) is 10.1 Å². The van der Waals surface area contributed by atoms with Crippen LogP contribution in [0.4, 0.5) is 0 Å². The van der Waals surface area contributed by atoms with Gasteiger partial charge in [0.15, 0.2) is 16.3 Å².